The van der Waals surface area contributed by atoms with E-state index in [9.17, 15) is 0 Å². The number of tetrazole rings is 1. The van der Waals surface area contributed by atoms with Crippen LogP contribution in [0.15, 0.2) is 18.3 Å². The van der Waals surface area contributed by atoms with Gasteiger partial charge in [0.25, 0.3) is 0 Å². The van der Waals surface area contributed by atoms with Crippen LogP contribution in [0.1, 0.15) is 11.4 Å². The highest BCUT2D eigenvalue weighted by Crippen LogP contribution is 2.29. The molecule has 0 aliphatic heterocycles. The van der Waals surface area contributed by atoms with Gasteiger partial charge in [0, 0.05) is 11.2 Å². The van der Waals surface area contributed by atoms with Crippen molar-refractivity contribution in [2.24, 2.45) is 0 Å². The molecule has 1 aromatic heterocycles. The summed E-state index contributed by atoms with van der Waals surface area (Å²) in [6.45, 7) is 1.86. The van der Waals surface area contributed by atoms with Crippen LogP contribution < -0.4 is 5.32 Å². The second kappa shape index (κ2) is 5.69. The fourth-order valence-electron chi connectivity index (χ4n) is 1.45. The Morgan fingerprint density at radius 2 is 2.26 bits per heavy atom. The fourth-order valence-corrected chi connectivity index (χ4v) is 2.10. The number of halogens is 2. The van der Waals surface area contributed by atoms with Crippen LogP contribution in [-0.4, -0.2) is 20.6 Å². The van der Waals surface area contributed by atoms with Crippen LogP contribution in [-0.2, 0) is 0 Å². The van der Waals surface area contributed by atoms with E-state index in [0.29, 0.717) is 15.7 Å². The van der Waals surface area contributed by atoms with Crippen molar-refractivity contribution in [1.29, 1.82) is 5.26 Å². The zero-order valence-corrected chi connectivity index (χ0v) is 11.3. The molecule has 2 aromatic rings. The van der Waals surface area contributed by atoms with Crippen molar-refractivity contribution in [2.45, 2.75) is 6.92 Å². The van der Waals surface area contributed by atoms with Crippen LogP contribution in [0.5, 0.6) is 0 Å². The third-order valence-corrected chi connectivity index (χ3v) is 2.84. The standard InChI is InChI=1S/C11H8Cl2N6/c1-6-2-8(12)3-9(13)10(6)15-5-7(4-14)11-16-18-19-17-11/h2-3,5,15H,1H3,(H,16,17,18,19). The topological polar surface area (TPSA) is 90.3 Å². The minimum atomic E-state index is 0.206. The maximum absolute atomic E-state index is 9.02. The Balaban J connectivity index is 2.30. The van der Waals surface area contributed by atoms with Gasteiger partial charge in [0.1, 0.15) is 11.6 Å². The summed E-state index contributed by atoms with van der Waals surface area (Å²) in [4.78, 5) is 0. The molecule has 19 heavy (non-hydrogen) atoms. The summed E-state index contributed by atoms with van der Waals surface area (Å²) in [5.74, 6) is 0.206. The van der Waals surface area contributed by atoms with Gasteiger partial charge in [-0.15, -0.1) is 10.2 Å². The normalized spacial score (nSPS) is 11.2. The molecule has 0 amide bonds. The molecule has 0 bridgehead atoms. The lowest BCUT2D eigenvalue weighted by Crippen LogP contribution is -1.96. The first-order chi connectivity index (χ1) is 9.11. The Labute approximate surface area is 119 Å². The van der Waals surface area contributed by atoms with Gasteiger partial charge in [-0.25, -0.2) is 0 Å². The Morgan fingerprint density at radius 1 is 1.47 bits per heavy atom. The second-order valence-electron chi connectivity index (χ2n) is 3.63. The lowest BCUT2D eigenvalue weighted by atomic mass is 10.2. The molecule has 0 aliphatic rings. The third kappa shape index (κ3) is 3.02. The van der Waals surface area contributed by atoms with E-state index in [1.54, 1.807) is 12.1 Å². The number of hydrogen-bond donors (Lipinski definition) is 2. The van der Waals surface area contributed by atoms with Gasteiger partial charge >= 0.3 is 0 Å². The summed E-state index contributed by atoms with van der Waals surface area (Å²) >= 11 is 12.0. The molecular weight excluding hydrogens is 287 g/mol. The lowest BCUT2D eigenvalue weighted by Gasteiger charge is -2.08. The van der Waals surface area contributed by atoms with Crippen LogP contribution >= 0.6 is 23.2 Å². The van der Waals surface area contributed by atoms with Crippen molar-refractivity contribution in [2.75, 3.05) is 5.32 Å². The van der Waals surface area contributed by atoms with E-state index in [2.05, 4.69) is 25.9 Å². The number of nitrogens with zero attached hydrogens (tertiary/aromatic N) is 4. The Morgan fingerprint density at radius 3 is 2.84 bits per heavy atom. The van der Waals surface area contributed by atoms with Crippen LogP contribution in [0.3, 0.4) is 0 Å². The van der Waals surface area contributed by atoms with Gasteiger partial charge in [-0.1, -0.05) is 23.2 Å². The molecule has 2 N–H and O–H groups in total. The second-order valence-corrected chi connectivity index (χ2v) is 4.47. The third-order valence-electron chi connectivity index (χ3n) is 2.32. The summed E-state index contributed by atoms with van der Waals surface area (Å²) in [5, 5.41) is 26.1. The molecular formula is C11H8Cl2N6. The molecule has 6 nitrogen and oxygen atoms in total. The number of rotatable bonds is 3. The SMILES string of the molecule is Cc1cc(Cl)cc(Cl)c1NC=C(C#N)c1nn[nH]n1. The van der Waals surface area contributed by atoms with E-state index in [0.717, 1.165) is 5.56 Å². The van der Waals surface area contributed by atoms with Crippen molar-refractivity contribution in [3.8, 4) is 6.07 Å². The molecule has 1 aromatic carbocycles. The molecule has 2 rings (SSSR count). The molecule has 0 saturated heterocycles. The van der Waals surface area contributed by atoms with Crippen molar-refractivity contribution in [3.63, 3.8) is 0 Å². The fraction of sp³-hybridized carbons (Fsp3) is 0.0909. The van der Waals surface area contributed by atoms with E-state index >= 15 is 0 Å². The summed E-state index contributed by atoms with van der Waals surface area (Å²) in [7, 11) is 0. The van der Waals surface area contributed by atoms with Gasteiger partial charge in [-0.3, -0.25) is 0 Å². The summed E-state index contributed by atoms with van der Waals surface area (Å²) in [6, 6.07) is 5.36. The minimum absolute atomic E-state index is 0.206. The molecule has 8 heteroatoms. The van der Waals surface area contributed by atoms with Gasteiger partial charge in [-0.2, -0.15) is 10.5 Å². The van der Waals surface area contributed by atoms with Crippen LogP contribution in [0.25, 0.3) is 5.57 Å². The molecule has 96 valence electrons. The number of aryl methyl sites for hydroxylation is 1. The number of nitrogens with one attached hydrogen (secondary N) is 2. The molecule has 0 spiro atoms. The monoisotopic (exact) mass is 294 g/mol. The summed E-state index contributed by atoms with van der Waals surface area (Å²) < 4.78 is 0. The maximum atomic E-state index is 9.02. The largest absolute Gasteiger partial charge is 0.359 e. The zero-order chi connectivity index (χ0) is 13.8. The Bertz CT molecular complexity index is 633. The Kier molecular flexibility index (Phi) is 4.00. The van der Waals surface area contributed by atoms with Crippen molar-refractivity contribution in [3.05, 3.63) is 39.8 Å². The molecule has 0 aliphatic carbocycles. The molecule has 0 fully saturated rings. The van der Waals surface area contributed by atoms with Crippen LogP contribution in [0.2, 0.25) is 10.0 Å². The number of aromatic amines is 1. The van der Waals surface area contributed by atoms with Gasteiger partial charge in [0.15, 0.2) is 0 Å². The lowest BCUT2D eigenvalue weighted by molar-refractivity contribution is 0.881. The number of nitriles is 1. The van der Waals surface area contributed by atoms with E-state index in [-0.39, 0.29) is 11.4 Å². The molecule has 1 heterocycles. The van der Waals surface area contributed by atoms with Gasteiger partial charge < -0.3 is 5.32 Å². The zero-order valence-electron chi connectivity index (χ0n) is 9.78. The number of benzene rings is 1. The first kappa shape index (κ1) is 13.3. The number of hydrogen-bond acceptors (Lipinski definition) is 5. The first-order valence-corrected chi connectivity index (χ1v) is 5.93. The van der Waals surface area contributed by atoms with E-state index in [1.165, 1.54) is 6.20 Å². The Hall–Kier alpha value is -2.10. The van der Waals surface area contributed by atoms with Gasteiger partial charge in [0.2, 0.25) is 5.82 Å². The summed E-state index contributed by atoms with van der Waals surface area (Å²) in [5.41, 5.74) is 1.76. The molecule has 0 saturated carbocycles. The van der Waals surface area contributed by atoms with Crippen molar-refractivity contribution >= 4 is 34.5 Å². The number of aromatic nitrogens is 4. The van der Waals surface area contributed by atoms with E-state index < -0.39 is 0 Å². The predicted molar refractivity (Wildman–Crippen MR) is 72.6 cm³/mol. The van der Waals surface area contributed by atoms with Crippen LogP contribution in [0.4, 0.5) is 5.69 Å². The average molecular weight is 295 g/mol. The molecule has 0 unspecified atom stereocenters. The summed E-state index contributed by atoms with van der Waals surface area (Å²) in [6.07, 6.45) is 1.47. The first-order valence-electron chi connectivity index (χ1n) is 5.18. The molecule has 0 atom stereocenters. The average Bonchev–Trinajstić information content (AvgIpc) is 2.86. The van der Waals surface area contributed by atoms with E-state index in [4.69, 9.17) is 28.5 Å². The van der Waals surface area contributed by atoms with Gasteiger partial charge in [0.05, 0.1) is 10.7 Å². The maximum Gasteiger partial charge on any atom is 0.216 e. The van der Waals surface area contributed by atoms with E-state index in [1.807, 2.05) is 13.0 Å². The molecule has 0 radical (unpaired) electrons. The van der Waals surface area contributed by atoms with Crippen molar-refractivity contribution < 1.29 is 0 Å². The van der Waals surface area contributed by atoms with Crippen molar-refractivity contribution in [1.82, 2.24) is 20.6 Å². The smallest absolute Gasteiger partial charge is 0.216 e. The highest BCUT2D eigenvalue weighted by Gasteiger charge is 2.08. The van der Waals surface area contributed by atoms with Gasteiger partial charge in [-0.05, 0) is 29.8 Å². The predicted octanol–water partition coefficient (Wildman–Crippen LogP) is 2.79. The van der Waals surface area contributed by atoms with Crippen LogP contribution in [0, 0.1) is 18.3 Å². The number of anilines is 1. The minimum Gasteiger partial charge on any atom is -0.359 e. The number of H-pyrrole nitrogens is 1. The highest BCUT2D eigenvalue weighted by molar-refractivity contribution is 6.36. The quantitative estimate of drug-likeness (QED) is 0.850. The highest BCUT2D eigenvalue weighted by atomic mass is 35.5. The number of allylic oxidation sites excluding steroid dienone is 1.